The molecule has 0 bridgehead atoms. The molecule has 1 unspecified atom stereocenters. The molecule has 1 aliphatic heterocycles. The SMILES string of the molecule is CC(CC(=O)O)NC(=O)CN1C(=O)c2cc(N)ccc2NC(=O)[C@@H]1Cc1ccc(O)cc1. The van der Waals surface area contributed by atoms with Gasteiger partial charge < -0.3 is 31.5 Å². The zero-order chi connectivity index (χ0) is 23.4. The molecule has 32 heavy (non-hydrogen) atoms. The number of aromatic hydroxyl groups is 1. The minimum Gasteiger partial charge on any atom is -0.508 e. The Morgan fingerprint density at radius 1 is 1.19 bits per heavy atom. The molecule has 2 aromatic carbocycles. The first kappa shape index (κ1) is 22.6. The zero-order valence-electron chi connectivity index (χ0n) is 17.4. The van der Waals surface area contributed by atoms with Crippen molar-refractivity contribution in [3.8, 4) is 5.75 Å². The molecule has 6 N–H and O–H groups in total. The number of hydrogen-bond acceptors (Lipinski definition) is 6. The molecular weight excluding hydrogens is 416 g/mol. The molecule has 1 heterocycles. The predicted octanol–water partition coefficient (Wildman–Crippen LogP) is 0.959. The van der Waals surface area contributed by atoms with Gasteiger partial charge in [0.25, 0.3) is 5.91 Å². The predicted molar refractivity (Wildman–Crippen MR) is 116 cm³/mol. The van der Waals surface area contributed by atoms with Crippen LogP contribution in [0.5, 0.6) is 5.75 Å². The van der Waals surface area contributed by atoms with Crippen LogP contribution in [-0.2, 0) is 20.8 Å². The van der Waals surface area contributed by atoms with Crippen LogP contribution in [0.2, 0.25) is 0 Å². The summed E-state index contributed by atoms with van der Waals surface area (Å²) in [6.07, 6.45) is -0.185. The molecule has 10 nitrogen and oxygen atoms in total. The van der Waals surface area contributed by atoms with E-state index in [-0.39, 0.29) is 29.8 Å². The molecular formula is C22H24N4O6. The van der Waals surface area contributed by atoms with Crippen molar-refractivity contribution in [3.05, 3.63) is 53.6 Å². The Labute approximate surface area is 184 Å². The molecule has 0 aromatic heterocycles. The Hall–Kier alpha value is -4.08. The fourth-order valence-electron chi connectivity index (χ4n) is 3.53. The topological polar surface area (TPSA) is 162 Å². The van der Waals surface area contributed by atoms with Crippen LogP contribution in [0.3, 0.4) is 0 Å². The van der Waals surface area contributed by atoms with Crippen LogP contribution in [0.4, 0.5) is 11.4 Å². The lowest BCUT2D eigenvalue weighted by Crippen LogP contribution is -2.51. The Morgan fingerprint density at radius 2 is 1.88 bits per heavy atom. The molecule has 2 aromatic rings. The molecule has 3 amide bonds. The van der Waals surface area contributed by atoms with E-state index >= 15 is 0 Å². The van der Waals surface area contributed by atoms with Gasteiger partial charge in [0.2, 0.25) is 11.8 Å². The summed E-state index contributed by atoms with van der Waals surface area (Å²) in [6, 6.07) is 8.99. The quantitative estimate of drug-likeness (QED) is 0.400. The Bertz CT molecular complexity index is 1050. The number of carbonyl (C=O) groups excluding carboxylic acids is 3. The minimum atomic E-state index is -1.07. The van der Waals surface area contributed by atoms with Crippen molar-refractivity contribution in [2.24, 2.45) is 0 Å². The number of carboxylic acids is 1. The van der Waals surface area contributed by atoms with Crippen molar-refractivity contribution in [1.29, 1.82) is 0 Å². The van der Waals surface area contributed by atoms with Gasteiger partial charge in [0.15, 0.2) is 0 Å². The summed E-state index contributed by atoms with van der Waals surface area (Å²) >= 11 is 0. The van der Waals surface area contributed by atoms with Crippen LogP contribution in [-0.4, -0.2) is 57.4 Å². The van der Waals surface area contributed by atoms with E-state index < -0.39 is 42.3 Å². The van der Waals surface area contributed by atoms with Gasteiger partial charge in [0, 0.05) is 18.2 Å². The van der Waals surface area contributed by atoms with E-state index in [2.05, 4.69) is 10.6 Å². The van der Waals surface area contributed by atoms with Crippen LogP contribution >= 0.6 is 0 Å². The smallest absolute Gasteiger partial charge is 0.305 e. The molecule has 3 rings (SSSR count). The number of carboxylic acid groups (broad SMARTS) is 1. The molecule has 0 saturated heterocycles. The molecule has 0 radical (unpaired) electrons. The maximum absolute atomic E-state index is 13.4. The van der Waals surface area contributed by atoms with E-state index in [9.17, 15) is 24.3 Å². The standard InChI is InChI=1S/C22H24N4O6/c1-12(8-20(29)30)24-19(28)11-26-18(9-13-2-5-15(27)6-3-13)21(31)25-17-7-4-14(23)10-16(17)22(26)32/h2-7,10,12,18,27H,8-9,11,23H2,1H3,(H,24,28)(H,25,31)(H,29,30)/t12?,18-/m0/s1. The van der Waals surface area contributed by atoms with E-state index in [1.54, 1.807) is 18.2 Å². The number of rotatable bonds is 7. The summed E-state index contributed by atoms with van der Waals surface area (Å²) < 4.78 is 0. The summed E-state index contributed by atoms with van der Waals surface area (Å²) in [5.41, 5.74) is 7.25. The van der Waals surface area contributed by atoms with Gasteiger partial charge in [0.1, 0.15) is 18.3 Å². The number of carbonyl (C=O) groups is 4. The zero-order valence-corrected chi connectivity index (χ0v) is 17.4. The first-order chi connectivity index (χ1) is 15.1. The van der Waals surface area contributed by atoms with E-state index in [0.717, 1.165) is 4.90 Å². The number of fused-ring (bicyclic) bond motifs is 1. The van der Waals surface area contributed by atoms with E-state index in [0.29, 0.717) is 11.3 Å². The number of nitrogen functional groups attached to an aromatic ring is 1. The Kier molecular flexibility index (Phi) is 6.62. The third-order valence-electron chi connectivity index (χ3n) is 5.04. The van der Waals surface area contributed by atoms with Crippen molar-refractivity contribution >= 4 is 35.1 Å². The van der Waals surface area contributed by atoms with Crippen molar-refractivity contribution in [2.75, 3.05) is 17.6 Å². The van der Waals surface area contributed by atoms with Crippen molar-refractivity contribution < 1.29 is 29.4 Å². The summed E-state index contributed by atoms with van der Waals surface area (Å²) in [7, 11) is 0. The molecule has 2 atom stereocenters. The second kappa shape index (κ2) is 9.38. The number of phenols is 1. The highest BCUT2D eigenvalue weighted by molar-refractivity contribution is 6.11. The summed E-state index contributed by atoms with van der Waals surface area (Å²) in [4.78, 5) is 51.0. The van der Waals surface area contributed by atoms with Gasteiger partial charge >= 0.3 is 5.97 Å². The number of benzene rings is 2. The van der Waals surface area contributed by atoms with Crippen LogP contribution < -0.4 is 16.4 Å². The number of nitrogens with two attached hydrogens (primary N) is 1. The monoisotopic (exact) mass is 440 g/mol. The van der Waals surface area contributed by atoms with E-state index in [1.165, 1.54) is 31.2 Å². The third kappa shape index (κ3) is 5.34. The van der Waals surface area contributed by atoms with E-state index in [4.69, 9.17) is 10.8 Å². The molecule has 0 spiro atoms. The number of hydrogen-bond donors (Lipinski definition) is 5. The average molecular weight is 440 g/mol. The Balaban J connectivity index is 1.92. The number of aliphatic carboxylic acids is 1. The number of amides is 3. The minimum absolute atomic E-state index is 0.0571. The number of nitrogens with one attached hydrogen (secondary N) is 2. The highest BCUT2D eigenvalue weighted by Crippen LogP contribution is 2.27. The lowest BCUT2D eigenvalue weighted by molar-refractivity contribution is -0.137. The lowest BCUT2D eigenvalue weighted by atomic mass is 10.0. The Morgan fingerprint density at radius 3 is 2.53 bits per heavy atom. The highest BCUT2D eigenvalue weighted by atomic mass is 16.4. The van der Waals surface area contributed by atoms with Gasteiger partial charge in [-0.25, -0.2) is 0 Å². The summed E-state index contributed by atoms with van der Waals surface area (Å²) in [6.45, 7) is 1.08. The van der Waals surface area contributed by atoms with Crippen molar-refractivity contribution in [1.82, 2.24) is 10.2 Å². The maximum atomic E-state index is 13.4. The second-order valence-electron chi connectivity index (χ2n) is 7.68. The largest absolute Gasteiger partial charge is 0.508 e. The van der Waals surface area contributed by atoms with Gasteiger partial charge in [-0.2, -0.15) is 0 Å². The summed E-state index contributed by atoms with van der Waals surface area (Å²) in [5, 5.41) is 23.7. The number of nitrogens with zero attached hydrogens (tertiary/aromatic N) is 1. The van der Waals surface area contributed by atoms with Gasteiger partial charge in [-0.15, -0.1) is 0 Å². The average Bonchev–Trinajstić information content (AvgIpc) is 2.79. The maximum Gasteiger partial charge on any atom is 0.305 e. The first-order valence-electron chi connectivity index (χ1n) is 9.94. The second-order valence-corrected chi connectivity index (χ2v) is 7.68. The fraction of sp³-hybridized carbons (Fsp3) is 0.273. The van der Waals surface area contributed by atoms with E-state index in [1.807, 2.05) is 0 Å². The molecule has 168 valence electrons. The van der Waals surface area contributed by atoms with Gasteiger partial charge in [-0.05, 0) is 42.8 Å². The summed E-state index contributed by atoms with van der Waals surface area (Å²) in [5.74, 6) is -2.65. The highest BCUT2D eigenvalue weighted by Gasteiger charge is 2.36. The molecule has 1 aliphatic rings. The molecule has 0 fully saturated rings. The van der Waals surface area contributed by atoms with Crippen molar-refractivity contribution in [2.45, 2.75) is 31.8 Å². The van der Waals surface area contributed by atoms with Crippen molar-refractivity contribution in [3.63, 3.8) is 0 Å². The van der Waals surface area contributed by atoms with Gasteiger partial charge in [-0.1, -0.05) is 12.1 Å². The third-order valence-corrected chi connectivity index (χ3v) is 5.04. The lowest BCUT2D eigenvalue weighted by Gasteiger charge is -2.29. The van der Waals surface area contributed by atoms with Crippen LogP contribution in [0.25, 0.3) is 0 Å². The number of phenolic OH excluding ortho intramolecular Hbond substituents is 1. The van der Waals surface area contributed by atoms with Crippen LogP contribution in [0.15, 0.2) is 42.5 Å². The fourth-order valence-corrected chi connectivity index (χ4v) is 3.53. The normalized spacial score (nSPS) is 16.5. The molecule has 10 heteroatoms. The van der Waals surface area contributed by atoms with Crippen LogP contribution in [0.1, 0.15) is 29.3 Å². The van der Waals surface area contributed by atoms with Crippen LogP contribution in [0, 0.1) is 0 Å². The van der Waals surface area contributed by atoms with Gasteiger partial charge in [-0.3, -0.25) is 19.2 Å². The first-order valence-corrected chi connectivity index (χ1v) is 9.94. The number of anilines is 2. The molecule has 0 aliphatic carbocycles. The van der Waals surface area contributed by atoms with Gasteiger partial charge in [0.05, 0.1) is 17.7 Å². The molecule has 0 saturated carbocycles.